The summed E-state index contributed by atoms with van der Waals surface area (Å²) in [7, 11) is -3.32. The summed E-state index contributed by atoms with van der Waals surface area (Å²) in [6.07, 6.45) is 0.580. The molecule has 0 aromatic heterocycles. The summed E-state index contributed by atoms with van der Waals surface area (Å²) in [5, 5.41) is 2.76. The van der Waals surface area contributed by atoms with Crippen LogP contribution in [-0.2, 0) is 14.8 Å². The van der Waals surface area contributed by atoms with Gasteiger partial charge in [0.15, 0.2) is 0 Å². The number of sulfonamides is 1. The Balaban J connectivity index is 1.62. The van der Waals surface area contributed by atoms with E-state index in [2.05, 4.69) is 5.32 Å². The van der Waals surface area contributed by atoms with Gasteiger partial charge < -0.3 is 5.32 Å². The number of nitrogens with one attached hydrogen (secondary N) is 1. The van der Waals surface area contributed by atoms with Crippen molar-refractivity contribution in [1.82, 2.24) is 0 Å². The Morgan fingerprint density at radius 1 is 1.00 bits per heavy atom. The molecule has 3 aromatic carbocycles. The second-order valence-electron chi connectivity index (χ2n) is 7.12. The standard InChI is InChI=1S/C23H21ClN2O3S2/c24-20-13-12-18(26-14-7-15-31(26,28)29)16-21(20)25-23(27)22(17-8-3-1-4-9-17)30-19-10-5-2-6-11-19/h1-6,8-13,16,22H,7,14-15H2,(H,25,27). The van der Waals surface area contributed by atoms with Crippen molar-refractivity contribution in [3.63, 3.8) is 0 Å². The number of amides is 1. The number of halogens is 1. The molecule has 8 heteroatoms. The average molecular weight is 473 g/mol. The van der Waals surface area contributed by atoms with Gasteiger partial charge >= 0.3 is 0 Å². The first-order valence-corrected chi connectivity index (χ1v) is 12.7. The topological polar surface area (TPSA) is 66.5 Å². The summed E-state index contributed by atoms with van der Waals surface area (Å²) in [5.41, 5.74) is 1.76. The first-order chi connectivity index (χ1) is 14.9. The molecule has 31 heavy (non-hydrogen) atoms. The summed E-state index contributed by atoms with van der Waals surface area (Å²) >= 11 is 7.78. The van der Waals surface area contributed by atoms with Crippen molar-refractivity contribution in [1.29, 1.82) is 0 Å². The van der Waals surface area contributed by atoms with E-state index in [1.54, 1.807) is 18.2 Å². The monoisotopic (exact) mass is 472 g/mol. The van der Waals surface area contributed by atoms with Gasteiger partial charge in [0, 0.05) is 11.4 Å². The molecule has 160 valence electrons. The van der Waals surface area contributed by atoms with Gasteiger partial charge in [-0.05, 0) is 42.3 Å². The van der Waals surface area contributed by atoms with Crippen LogP contribution in [0.1, 0.15) is 17.2 Å². The number of nitrogens with zero attached hydrogens (tertiary/aromatic N) is 1. The molecule has 0 bridgehead atoms. The third-order valence-corrected chi connectivity index (χ3v) is 8.40. The van der Waals surface area contributed by atoms with Crippen LogP contribution in [0.25, 0.3) is 0 Å². The molecule has 1 aliphatic heterocycles. The second-order valence-corrected chi connectivity index (χ2v) is 10.7. The van der Waals surface area contributed by atoms with Gasteiger partial charge in [0.1, 0.15) is 5.25 Å². The number of benzene rings is 3. The molecule has 1 amide bonds. The van der Waals surface area contributed by atoms with Gasteiger partial charge in [-0.3, -0.25) is 9.10 Å². The Morgan fingerprint density at radius 2 is 1.68 bits per heavy atom. The van der Waals surface area contributed by atoms with Gasteiger partial charge in [-0.25, -0.2) is 8.42 Å². The van der Waals surface area contributed by atoms with E-state index in [0.29, 0.717) is 29.4 Å². The summed E-state index contributed by atoms with van der Waals surface area (Å²) < 4.78 is 25.9. The molecule has 0 aliphatic carbocycles. The maximum atomic E-state index is 13.3. The Bertz CT molecular complexity index is 1170. The quantitative estimate of drug-likeness (QED) is 0.491. The fourth-order valence-corrected chi connectivity index (χ4v) is 6.19. The smallest absolute Gasteiger partial charge is 0.242 e. The van der Waals surface area contributed by atoms with Gasteiger partial charge in [0.05, 0.1) is 22.2 Å². The number of carbonyl (C=O) groups is 1. The average Bonchev–Trinajstić information content (AvgIpc) is 3.14. The highest BCUT2D eigenvalue weighted by atomic mass is 35.5. The highest BCUT2D eigenvalue weighted by molar-refractivity contribution is 8.00. The molecule has 1 heterocycles. The van der Waals surface area contributed by atoms with E-state index >= 15 is 0 Å². The molecule has 0 spiro atoms. The minimum absolute atomic E-state index is 0.126. The molecule has 1 unspecified atom stereocenters. The maximum absolute atomic E-state index is 13.3. The SMILES string of the molecule is O=C(Nc1cc(N2CCCS2(=O)=O)ccc1Cl)C(Sc1ccccc1)c1ccccc1. The predicted molar refractivity (Wildman–Crippen MR) is 127 cm³/mol. The fraction of sp³-hybridized carbons (Fsp3) is 0.174. The van der Waals surface area contributed by atoms with Crippen molar-refractivity contribution >= 4 is 50.7 Å². The molecule has 1 N–H and O–H groups in total. The molecule has 1 saturated heterocycles. The summed E-state index contributed by atoms with van der Waals surface area (Å²) in [4.78, 5) is 14.3. The highest BCUT2D eigenvalue weighted by Crippen LogP contribution is 2.37. The van der Waals surface area contributed by atoms with Crippen LogP contribution in [0.5, 0.6) is 0 Å². The van der Waals surface area contributed by atoms with Crippen molar-refractivity contribution in [2.75, 3.05) is 21.9 Å². The summed E-state index contributed by atoms with van der Waals surface area (Å²) in [6.45, 7) is 0.424. The minimum atomic E-state index is -3.32. The van der Waals surface area contributed by atoms with E-state index in [-0.39, 0.29) is 11.7 Å². The number of hydrogen-bond donors (Lipinski definition) is 1. The van der Waals surface area contributed by atoms with Crippen LogP contribution in [-0.4, -0.2) is 26.6 Å². The zero-order chi connectivity index (χ0) is 21.8. The minimum Gasteiger partial charge on any atom is -0.323 e. The molecule has 0 saturated carbocycles. The number of anilines is 2. The normalized spacial score (nSPS) is 16.1. The van der Waals surface area contributed by atoms with E-state index in [9.17, 15) is 13.2 Å². The molecule has 5 nitrogen and oxygen atoms in total. The Kier molecular flexibility index (Phi) is 6.55. The number of rotatable bonds is 6. The van der Waals surface area contributed by atoms with Crippen LogP contribution in [0.4, 0.5) is 11.4 Å². The lowest BCUT2D eigenvalue weighted by atomic mass is 10.1. The van der Waals surface area contributed by atoms with Crippen molar-refractivity contribution in [3.05, 3.63) is 89.4 Å². The van der Waals surface area contributed by atoms with Gasteiger partial charge in [-0.15, -0.1) is 11.8 Å². The highest BCUT2D eigenvalue weighted by Gasteiger charge is 2.29. The van der Waals surface area contributed by atoms with E-state index in [1.165, 1.54) is 16.1 Å². The number of thioether (sulfide) groups is 1. The van der Waals surface area contributed by atoms with E-state index < -0.39 is 15.3 Å². The molecule has 0 radical (unpaired) electrons. The molecule has 1 atom stereocenters. The molecule has 1 fully saturated rings. The molecular formula is C23H21ClN2O3S2. The van der Waals surface area contributed by atoms with Crippen molar-refractivity contribution in [2.45, 2.75) is 16.6 Å². The van der Waals surface area contributed by atoms with Gasteiger partial charge in [-0.2, -0.15) is 0 Å². The van der Waals surface area contributed by atoms with Crippen molar-refractivity contribution in [2.24, 2.45) is 0 Å². The first kappa shape index (κ1) is 21.7. The third kappa shape index (κ3) is 5.06. The first-order valence-electron chi connectivity index (χ1n) is 9.81. The van der Waals surface area contributed by atoms with Crippen molar-refractivity contribution in [3.8, 4) is 0 Å². The van der Waals surface area contributed by atoms with Crippen LogP contribution >= 0.6 is 23.4 Å². The lowest BCUT2D eigenvalue weighted by Crippen LogP contribution is -2.25. The fourth-order valence-electron chi connectivity index (χ4n) is 3.43. The Labute approximate surface area is 191 Å². The number of carbonyl (C=O) groups excluding carboxylic acids is 1. The molecule has 3 aromatic rings. The van der Waals surface area contributed by atoms with Gasteiger partial charge in [0.2, 0.25) is 15.9 Å². The second kappa shape index (κ2) is 9.34. The van der Waals surface area contributed by atoms with Crippen LogP contribution < -0.4 is 9.62 Å². The summed E-state index contributed by atoms with van der Waals surface area (Å²) in [5.74, 6) is -0.107. The zero-order valence-electron chi connectivity index (χ0n) is 16.6. The maximum Gasteiger partial charge on any atom is 0.242 e. The van der Waals surface area contributed by atoms with E-state index in [4.69, 9.17) is 11.6 Å². The summed E-state index contributed by atoms with van der Waals surface area (Å²) in [6, 6.07) is 24.1. The van der Waals surface area contributed by atoms with Crippen LogP contribution in [0.3, 0.4) is 0 Å². The van der Waals surface area contributed by atoms with Crippen LogP contribution in [0.15, 0.2) is 83.8 Å². The van der Waals surface area contributed by atoms with Crippen molar-refractivity contribution < 1.29 is 13.2 Å². The lowest BCUT2D eigenvalue weighted by molar-refractivity contribution is -0.115. The zero-order valence-corrected chi connectivity index (χ0v) is 19.0. The van der Waals surface area contributed by atoms with Crippen LogP contribution in [0, 0.1) is 0 Å². The molecule has 4 rings (SSSR count). The number of hydrogen-bond acceptors (Lipinski definition) is 4. The molecular weight excluding hydrogens is 452 g/mol. The van der Waals surface area contributed by atoms with E-state index in [0.717, 1.165) is 10.5 Å². The largest absolute Gasteiger partial charge is 0.323 e. The third-order valence-electron chi connectivity index (χ3n) is 4.93. The van der Waals surface area contributed by atoms with E-state index in [1.807, 2.05) is 60.7 Å². The molecule has 1 aliphatic rings. The van der Waals surface area contributed by atoms with Crippen LogP contribution in [0.2, 0.25) is 5.02 Å². The Morgan fingerprint density at radius 3 is 2.32 bits per heavy atom. The van der Waals surface area contributed by atoms with Gasteiger partial charge in [0.25, 0.3) is 0 Å². The lowest BCUT2D eigenvalue weighted by Gasteiger charge is -2.20. The van der Waals surface area contributed by atoms with Gasteiger partial charge in [-0.1, -0.05) is 60.1 Å². The Hall–Kier alpha value is -2.48. The predicted octanol–water partition coefficient (Wildman–Crippen LogP) is 5.35.